The predicted molar refractivity (Wildman–Crippen MR) is 149 cm³/mol. The zero-order valence-electron chi connectivity index (χ0n) is 21.2. The molecule has 1 amide bonds. The number of carbonyl (C=O) groups excluding carboxylic acids is 1. The number of aromatic nitrogens is 1. The summed E-state index contributed by atoms with van der Waals surface area (Å²) in [6.07, 6.45) is 0.170. The second-order valence-corrected chi connectivity index (χ2v) is 9.09. The molecule has 1 aromatic heterocycles. The summed E-state index contributed by atoms with van der Waals surface area (Å²) in [7, 11) is 0. The van der Waals surface area contributed by atoms with E-state index in [1.54, 1.807) is 18.2 Å². The third-order valence-corrected chi connectivity index (χ3v) is 5.91. The summed E-state index contributed by atoms with van der Waals surface area (Å²) in [5.74, 6) is -1.82. The number of amides is 1. The molecule has 4 N–H and O–H groups in total. The number of rotatable bonds is 11. The van der Waals surface area contributed by atoms with E-state index >= 15 is 0 Å². The van der Waals surface area contributed by atoms with Crippen LogP contribution in [0.25, 0.3) is 28.3 Å². The fraction of sp³-hybridized carbons (Fsp3) is 0.310. The number of hydrogen-bond acceptors (Lipinski definition) is 4. The number of hydrogen-bond donors (Lipinski definition) is 4. The second-order valence-electron chi connectivity index (χ2n) is 9.09. The molecule has 0 spiro atoms. The molecular formula is C29H34FN2NaO5. The average Bonchev–Trinajstić information content (AvgIpc) is 3.19. The van der Waals surface area contributed by atoms with E-state index in [-0.39, 0.29) is 47.9 Å². The molecule has 0 aliphatic carbocycles. The Bertz CT molecular complexity index is 1260. The summed E-state index contributed by atoms with van der Waals surface area (Å²) in [6, 6.07) is 15.3. The molecule has 0 fully saturated rings. The summed E-state index contributed by atoms with van der Waals surface area (Å²) in [5, 5.41) is 32.3. The molecule has 198 valence electrons. The Morgan fingerprint density at radius 1 is 1.00 bits per heavy atom. The quantitative estimate of drug-likeness (QED) is 0.276. The van der Waals surface area contributed by atoms with Gasteiger partial charge in [-0.15, -0.1) is 0 Å². The standard InChI is InChI=1S/C29H33FN2O5.Na.H/c1-4-31-29(37)28-27(19-8-6-5-7-9-19)26(20-10-12-21(30)13-11-20)24(32(28)18(2)3)15-14-22(33)16-23(34)17-25(35)36;;/h5-15,18,22-23,33-34H,4,16-17H2,1-3H3,(H,31,37)(H,35,36);;/t22-,23-;;/m1../s1. The van der Waals surface area contributed by atoms with Crippen LogP contribution in [0, 0.1) is 5.82 Å². The third-order valence-electron chi connectivity index (χ3n) is 5.91. The molecule has 3 aromatic rings. The number of aliphatic carboxylic acids is 1. The molecule has 0 aliphatic heterocycles. The fourth-order valence-electron chi connectivity index (χ4n) is 4.41. The minimum absolute atomic E-state index is 0. The number of carboxylic acid groups (broad SMARTS) is 1. The normalized spacial score (nSPS) is 12.8. The molecule has 38 heavy (non-hydrogen) atoms. The Labute approximate surface area is 244 Å². The van der Waals surface area contributed by atoms with Gasteiger partial charge >= 0.3 is 35.5 Å². The number of carbonyl (C=O) groups is 2. The van der Waals surface area contributed by atoms with Crippen LogP contribution in [0.5, 0.6) is 0 Å². The van der Waals surface area contributed by atoms with Crippen molar-refractivity contribution in [3.63, 3.8) is 0 Å². The summed E-state index contributed by atoms with van der Waals surface area (Å²) >= 11 is 0. The van der Waals surface area contributed by atoms with Crippen LogP contribution < -0.4 is 5.32 Å². The third kappa shape index (κ3) is 7.65. The summed E-state index contributed by atoms with van der Waals surface area (Å²) < 4.78 is 15.7. The molecule has 0 unspecified atom stereocenters. The van der Waals surface area contributed by atoms with E-state index in [2.05, 4.69) is 5.32 Å². The van der Waals surface area contributed by atoms with E-state index in [4.69, 9.17) is 5.11 Å². The van der Waals surface area contributed by atoms with E-state index in [1.165, 1.54) is 18.2 Å². The molecule has 1 heterocycles. The first-order valence-corrected chi connectivity index (χ1v) is 12.3. The minimum atomic E-state index is -1.21. The molecule has 0 radical (unpaired) electrons. The Kier molecular flexibility index (Phi) is 11.9. The van der Waals surface area contributed by atoms with E-state index < -0.39 is 30.4 Å². The van der Waals surface area contributed by atoms with Crippen molar-refractivity contribution in [3.05, 3.63) is 77.9 Å². The van der Waals surface area contributed by atoms with Gasteiger partial charge in [-0.1, -0.05) is 48.5 Å². The molecule has 0 saturated heterocycles. The van der Waals surface area contributed by atoms with Crippen molar-refractivity contribution in [1.29, 1.82) is 0 Å². The molecule has 7 nitrogen and oxygen atoms in total. The van der Waals surface area contributed by atoms with Crippen molar-refractivity contribution in [3.8, 4) is 22.3 Å². The van der Waals surface area contributed by atoms with Gasteiger partial charge in [0.25, 0.3) is 5.91 Å². The van der Waals surface area contributed by atoms with Crippen LogP contribution in [0.3, 0.4) is 0 Å². The van der Waals surface area contributed by atoms with Crippen LogP contribution >= 0.6 is 0 Å². The number of carboxylic acids is 1. The van der Waals surface area contributed by atoms with Crippen LogP contribution in [0.15, 0.2) is 60.7 Å². The van der Waals surface area contributed by atoms with Gasteiger partial charge in [0, 0.05) is 35.8 Å². The van der Waals surface area contributed by atoms with Gasteiger partial charge < -0.3 is 25.2 Å². The first-order chi connectivity index (χ1) is 17.6. The maximum absolute atomic E-state index is 13.9. The number of halogens is 1. The number of benzene rings is 2. The number of aliphatic hydroxyl groups is 2. The first kappa shape index (κ1) is 31.5. The van der Waals surface area contributed by atoms with Crippen molar-refractivity contribution in [2.24, 2.45) is 0 Å². The second kappa shape index (κ2) is 14.4. The van der Waals surface area contributed by atoms with Crippen LogP contribution in [0.2, 0.25) is 0 Å². The van der Waals surface area contributed by atoms with Crippen LogP contribution in [-0.2, 0) is 4.79 Å². The zero-order chi connectivity index (χ0) is 27.1. The molecule has 3 rings (SSSR count). The molecule has 2 atom stereocenters. The van der Waals surface area contributed by atoms with Crippen LogP contribution in [-0.4, -0.2) is 80.1 Å². The SMILES string of the molecule is CCNC(=O)c1c(-c2ccccc2)c(-c2ccc(F)cc2)c(C=C[C@@H](O)C[C@@H](O)CC(=O)O)n1C(C)C.[NaH]. The summed E-state index contributed by atoms with van der Waals surface area (Å²) in [5.41, 5.74) is 3.90. The van der Waals surface area contributed by atoms with Crippen molar-refractivity contribution in [2.45, 2.75) is 51.9 Å². The van der Waals surface area contributed by atoms with Crippen molar-refractivity contribution in [1.82, 2.24) is 9.88 Å². The van der Waals surface area contributed by atoms with Crippen LogP contribution in [0.4, 0.5) is 4.39 Å². The van der Waals surface area contributed by atoms with Gasteiger partial charge in [-0.05, 0) is 50.1 Å². The molecular weight excluding hydrogens is 498 g/mol. The number of nitrogens with one attached hydrogen (secondary N) is 1. The fourth-order valence-corrected chi connectivity index (χ4v) is 4.41. The Morgan fingerprint density at radius 3 is 2.16 bits per heavy atom. The van der Waals surface area contributed by atoms with Gasteiger partial charge in [-0.25, -0.2) is 4.39 Å². The van der Waals surface area contributed by atoms with E-state index in [0.717, 1.165) is 5.56 Å². The Balaban J connectivity index is 0.00000507. The molecule has 0 bridgehead atoms. The van der Waals surface area contributed by atoms with Gasteiger partial charge in [0.1, 0.15) is 11.5 Å². The molecule has 0 saturated carbocycles. The molecule has 0 aliphatic rings. The van der Waals surface area contributed by atoms with Crippen molar-refractivity contribution in [2.75, 3.05) is 6.54 Å². The molecule has 2 aromatic carbocycles. The van der Waals surface area contributed by atoms with E-state index in [1.807, 2.05) is 55.7 Å². The van der Waals surface area contributed by atoms with Crippen molar-refractivity contribution < 1.29 is 29.3 Å². The summed E-state index contributed by atoms with van der Waals surface area (Å²) in [4.78, 5) is 24.3. The monoisotopic (exact) mass is 532 g/mol. The number of aliphatic hydroxyl groups excluding tert-OH is 2. The van der Waals surface area contributed by atoms with Crippen molar-refractivity contribution >= 4 is 47.5 Å². The Morgan fingerprint density at radius 2 is 1.61 bits per heavy atom. The summed E-state index contributed by atoms with van der Waals surface area (Å²) in [6.45, 7) is 6.14. The van der Waals surface area contributed by atoms with Gasteiger partial charge in [-0.3, -0.25) is 9.59 Å². The van der Waals surface area contributed by atoms with E-state index in [9.17, 15) is 24.2 Å². The number of nitrogens with zero attached hydrogens (tertiary/aromatic N) is 1. The van der Waals surface area contributed by atoms with Gasteiger partial charge in [0.05, 0.1) is 18.6 Å². The maximum atomic E-state index is 13.9. The Hall–Kier alpha value is -2.75. The van der Waals surface area contributed by atoms with Crippen LogP contribution in [0.1, 0.15) is 55.8 Å². The zero-order valence-corrected chi connectivity index (χ0v) is 21.2. The van der Waals surface area contributed by atoms with Gasteiger partial charge in [-0.2, -0.15) is 0 Å². The predicted octanol–water partition coefficient (Wildman–Crippen LogP) is 4.24. The topological polar surface area (TPSA) is 112 Å². The molecule has 9 heteroatoms. The first-order valence-electron chi connectivity index (χ1n) is 12.3. The van der Waals surface area contributed by atoms with Gasteiger partial charge in [0.15, 0.2) is 0 Å². The average molecular weight is 533 g/mol. The van der Waals surface area contributed by atoms with Gasteiger partial charge in [0.2, 0.25) is 0 Å². The van der Waals surface area contributed by atoms with E-state index in [0.29, 0.717) is 34.6 Å².